The highest BCUT2D eigenvalue weighted by Gasteiger charge is 2.38. The molecule has 1 fully saturated rings. The molecule has 19 heavy (non-hydrogen) atoms. The first kappa shape index (κ1) is 12.7. The zero-order valence-electron chi connectivity index (χ0n) is 9.66. The van der Waals surface area contributed by atoms with Crippen LogP contribution in [0.3, 0.4) is 0 Å². The molecule has 2 aliphatic heterocycles. The van der Waals surface area contributed by atoms with Gasteiger partial charge < -0.3 is 4.74 Å². The molecular formula is C12H9ClFNO3S. The van der Waals surface area contributed by atoms with Crippen LogP contribution in [0.25, 0.3) is 0 Å². The maximum atomic E-state index is 14.2. The predicted molar refractivity (Wildman–Crippen MR) is 69.1 cm³/mol. The van der Waals surface area contributed by atoms with Crippen molar-refractivity contribution in [3.63, 3.8) is 0 Å². The summed E-state index contributed by atoms with van der Waals surface area (Å²) in [6.45, 7) is 0.539. The summed E-state index contributed by atoms with van der Waals surface area (Å²) in [6.07, 6.45) is 1.35. The number of thioether (sulfide) groups is 1. The van der Waals surface area contributed by atoms with Gasteiger partial charge in [0.15, 0.2) is 0 Å². The van der Waals surface area contributed by atoms with E-state index in [0.717, 1.165) is 18.2 Å². The summed E-state index contributed by atoms with van der Waals surface area (Å²) in [5, 5.41) is 0.700. The molecule has 0 bridgehead atoms. The van der Waals surface area contributed by atoms with Crippen molar-refractivity contribution in [2.45, 2.75) is 18.1 Å². The Bertz CT molecular complexity index is 593. The SMILES string of the molecule is O=C1NC(=O)C(c2c(F)c(Cl)cc3c2CCCO3)S1. The van der Waals surface area contributed by atoms with Crippen molar-refractivity contribution < 1.29 is 18.7 Å². The standard InChI is InChI=1S/C12H9ClFNO3S/c13-6-4-7-5(2-1-3-18-7)8(9(6)14)10-11(16)15-12(17)19-10/h4,10H,1-3H2,(H,15,16,17). The van der Waals surface area contributed by atoms with Crippen LogP contribution in [-0.4, -0.2) is 17.8 Å². The smallest absolute Gasteiger partial charge is 0.286 e. The number of hydrogen-bond acceptors (Lipinski definition) is 4. The van der Waals surface area contributed by atoms with Crippen molar-refractivity contribution in [1.29, 1.82) is 0 Å². The molecule has 100 valence electrons. The Morgan fingerprint density at radius 3 is 2.95 bits per heavy atom. The number of carbonyl (C=O) groups excluding carboxylic acids is 2. The summed E-state index contributed by atoms with van der Waals surface area (Å²) in [5.41, 5.74) is 0.811. The van der Waals surface area contributed by atoms with Gasteiger partial charge in [-0.05, 0) is 24.6 Å². The quantitative estimate of drug-likeness (QED) is 0.866. The van der Waals surface area contributed by atoms with Crippen LogP contribution in [-0.2, 0) is 11.2 Å². The Morgan fingerprint density at radius 1 is 1.47 bits per heavy atom. The molecule has 0 aromatic heterocycles. The van der Waals surface area contributed by atoms with Gasteiger partial charge >= 0.3 is 0 Å². The first-order valence-electron chi connectivity index (χ1n) is 5.73. The maximum absolute atomic E-state index is 14.2. The predicted octanol–water partition coefficient (Wildman–Crippen LogP) is 2.83. The third-order valence-electron chi connectivity index (χ3n) is 3.11. The van der Waals surface area contributed by atoms with E-state index in [1.165, 1.54) is 6.07 Å². The van der Waals surface area contributed by atoms with E-state index >= 15 is 0 Å². The van der Waals surface area contributed by atoms with E-state index in [0.29, 0.717) is 24.3 Å². The molecule has 1 unspecified atom stereocenters. The van der Waals surface area contributed by atoms with Crippen LogP contribution in [0, 0.1) is 5.82 Å². The topological polar surface area (TPSA) is 55.4 Å². The van der Waals surface area contributed by atoms with Crippen LogP contribution in [0.5, 0.6) is 5.75 Å². The zero-order valence-corrected chi connectivity index (χ0v) is 11.2. The van der Waals surface area contributed by atoms with Gasteiger partial charge in [0.25, 0.3) is 5.24 Å². The number of nitrogens with one attached hydrogen (secondary N) is 1. The van der Waals surface area contributed by atoms with Gasteiger partial charge in [-0.1, -0.05) is 11.6 Å². The van der Waals surface area contributed by atoms with Crippen LogP contribution < -0.4 is 10.1 Å². The Hall–Kier alpha value is -1.27. The molecule has 1 N–H and O–H groups in total. The van der Waals surface area contributed by atoms with Gasteiger partial charge in [-0.25, -0.2) is 4.39 Å². The molecule has 4 nitrogen and oxygen atoms in total. The van der Waals surface area contributed by atoms with Gasteiger partial charge in [0.05, 0.1) is 11.6 Å². The van der Waals surface area contributed by atoms with E-state index in [4.69, 9.17) is 16.3 Å². The third-order valence-corrected chi connectivity index (χ3v) is 4.38. The van der Waals surface area contributed by atoms with E-state index in [9.17, 15) is 14.0 Å². The summed E-state index contributed by atoms with van der Waals surface area (Å²) in [7, 11) is 0. The lowest BCUT2D eigenvalue weighted by Crippen LogP contribution is -2.22. The van der Waals surface area contributed by atoms with Gasteiger partial charge in [0.1, 0.15) is 16.8 Å². The lowest BCUT2D eigenvalue weighted by Gasteiger charge is -2.22. The highest BCUT2D eigenvalue weighted by atomic mass is 35.5. The molecule has 3 rings (SSSR count). The Balaban J connectivity index is 2.16. The normalized spacial score (nSPS) is 21.9. The largest absolute Gasteiger partial charge is 0.493 e. The summed E-state index contributed by atoms with van der Waals surface area (Å²) in [6, 6.07) is 1.42. The summed E-state index contributed by atoms with van der Waals surface area (Å²) in [4.78, 5) is 23.0. The van der Waals surface area contributed by atoms with Gasteiger partial charge in [0, 0.05) is 17.2 Å². The lowest BCUT2D eigenvalue weighted by atomic mass is 9.96. The fraction of sp³-hybridized carbons (Fsp3) is 0.333. The minimum atomic E-state index is -0.887. The number of imide groups is 1. The molecule has 1 saturated heterocycles. The number of hydrogen-bond donors (Lipinski definition) is 1. The number of ether oxygens (including phenoxy) is 1. The van der Waals surface area contributed by atoms with E-state index in [2.05, 4.69) is 5.32 Å². The van der Waals surface area contributed by atoms with Crippen LogP contribution in [0.2, 0.25) is 5.02 Å². The molecule has 0 aliphatic carbocycles. The molecule has 0 radical (unpaired) electrons. The first-order valence-corrected chi connectivity index (χ1v) is 6.98. The molecule has 2 aliphatic rings. The molecule has 1 aromatic carbocycles. The van der Waals surface area contributed by atoms with E-state index in [-0.39, 0.29) is 10.6 Å². The highest BCUT2D eigenvalue weighted by molar-refractivity contribution is 8.15. The van der Waals surface area contributed by atoms with Crippen LogP contribution in [0.15, 0.2) is 6.07 Å². The summed E-state index contributed by atoms with van der Waals surface area (Å²) < 4.78 is 19.7. The number of amides is 2. The van der Waals surface area contributed by atoms with Gasteiger partial charge in [-0.15, -0.1) is 0 Å². The molecule has 2 amide bonds. The molecular weight excluding hydrogens is 293 g/mol. The van der Waals surface area contributed by atoms with Crippen molar-refractivity contribution in [3.8, 4) is 5.75 Å². The van der Waals surface area contributed by atoms with Gasteiger partial charge in [-0.3, -0.25) is 14.9 Å². The average Bonchev–Trinajstić information content (AvgIpc) is 2.70. The van der Waals surface area contributed by atoms with E-state index < -0.39 is 22.2 Å². The van der Waals surface area contributed by atoms with Crippen molar-refractivity contribution in [3.05, 3.63) is 28.0 Å². The third kappa shape index (κ3) is 2.08. The summed E-state index contributed by atoms with van der Waals surface area (Å²) in [5.74, 6) is -0.655. The number of carbonyl (C=O) groups is 2. The highest BCUT2D eigenvalue weighted by Crippen LogP contribution is 2.43. The fourth-order valence-corrected chi connectivity index (χ4v) is 3.40. The van der Waals surface area contributed by atoms with Crippen molar-refractivity contribution >= 4 is 34.5 Å². The van der Waals surface area contributed by atoms with Gasteiger partial charge in [0.2, 0.25) is 5.91 Å². The zero-order chi connectivity index (χ0) is 13.6. The molecule has 1 atom stereocenters. The second-order valence-corrected chi connectivity index (χ2v) is 5.77. The molecule has 0 saturated carbocycles. The maximum Gasteiger partial charge on any atom is 0.286 e. The fourth-order valence-electron chi connectivity index (χ4n) is 2.30. The number of benzene rings is 1. The lowest BCUT2D eigenvalue weighted by molar-refractivity contribution is -0.119. The number of halogens is 2. The van der Waals surface area contributed by atoms with Gasteiger partial charge in [-0.2, -0.15) is 0 Å². The van der Waals surface area contributed by atoms with Crippen LogP contribution >= 0.6 is 23.4 Å². The Kier molecular flexibility index (Phi) is 3.14. The Morgan fingerprint density at radius 2 is 2.26 bits per heavy atom. The van der Waals surface area contributed by atoms with Crippen molar-refractivity contribution in [1.82, 2.24) is 5.32 Å². The summed E-state index contributed by atoms with van der Waals surface area (Å²) >= 11 is 6.60. The second-order valence-electron chi connectivity index (χ2n) is 4.29. The van der Waals surface area contributed by atoms with E-state index in [1.807, 2.05) is 0 Å². The molecule has 7 heteroatoms. The van der Waals surface area contributed by atoms with Crippen LogP contribution in [0.4, 0.5) is 9.18 Å². The minimum Gasteiger partial charge on any atom is -0.493 e. The first-order chi connectivity index (χ1) is 9.08. The number of rotatable bonds is 1. The number of fused-ring (bicyclic) bond motifs is 1. The van der Waals surface area contributed by atoms with Crippen molar-refractivity contribution in [2.24, 2.45) is 0 Å². The second kappa shape index (κ2) is 4.68. The monoisotopic (exact) mass is 301 g/mol. The van der Waals surface area contributed by atoms with Crippen molar-refractivity contribution in [2.75, 3.05) is 6.61 Å². The molecule has 2 heterocycles. The Labute approximate surface area is 117 Å². The minimum absolute atomic E-state index is 0.0941. The molecule has 0 spiro atoms. The average molecular weight is 302 g/mol. The molecule has 1 aromatic rings. The van der Waals surface area contributed by atoms with E-state index in [1.54, 1.807) is 0 Å². The van der Waals surface area contributed by atoms with Crippen LogP contribution in [0.1, 0.15) is 22.8 Å².